The van der Waals surface area contributed by atoms with Gasteiger partial charge in [-0.15, -0.1) is 0 Å². The Morgan fingerprint density at radius 3 is 2.19 bits per heavy atom. The first-order chi connectivity index (χ1) is 9.73. The summed E-state index contributed by atoms with van der Waals surface area (Å²) in [7, 11) is -3.88. The number of hydrogen-bond donors (Lipinski definition) is 0. The van der Waals surface area contributed by atoms with Gasteiger partial charge in [0.1, 0.15) is 12.4 Å². The standard InChI is InChI=1S/C14H20FNO4S/c1-5-16(9-13(17)20-6-2)21(18,19)14-10(3)7-12(15)8-11(14)4/h7-8H,5-6,9H2,1-4H3. The quantitative estimate of drug-likeness (QED) is 0.753. The molecule has 0 saturated carbocycles. The normalized spacial score (nSPS) is 11.7. The number of benzene rings is 1. The van der Waals surface area contributed by atoms with Crippen LogP contribution in [0.4, 0.5) is 4.39 Å². The molecule has 0 atom stereocenters. The summed E-state index contributed by atoms with van der Waals surface area (Å²) >= 11 is 0. The van der Waals surface area contributed by atoms with Crippen LogP contribution in [-0.4, -0.2) is 38.4 Å². The number of sulfonamides is 1. The first-order valence-electron chi connectivity index (χ1n) is 6.66. The average Bonchev–Trinajstić information content (AvgIpc) is 2.34. The first-order valence-corrected chi connectivity index (χ1v) is 8.10. The van der Waals surface area contributed by atoms with E-state index in [0.29, 0.717) is 11.1 Å². The summed E-state index contributed by atoms with van der Waals surface area (Å²) in [6.07, 6.45) is 0. The molecule has 0 fully saturated rings. The molecule has 7 heteroatoms. The van der Waals surface area contributed by atoms with Crippen LogP contribution in [0.25, 0.3) is 0 Å². The molecule has 0 aliphatic carbocycles. The van der Waals surface area contributed by atoms with Crippen molar-refractivity contribution in [2.24, 2.45) is 0 Å². The summed E-state index contributed by atoms with van der Waals surface area (Å²) in [6, 6.07) is 2.33. The van der Waals surface area contributed by atoms with Gasteiger partial charge >= 0.3 is 5.97 Å². The molecule has 0 radical (unpaired) electrons. The summed E-state index contributed by atoms with van der Waals surface area (Å²) < 4.78 is 44.4. The highest BCUT2D eigenvalue weighted by Gasteiger charge is 2.29. The fraction of sp³-hybridized carbons (Fsp3) is 0.500. The Morgan fingerprint density at radius 2 is 1.76 bits per heavy atom. The zero-order chi connectivity index (χ0) is 16.2. The Balaban J connectivity index is 3.23. The van der Waals surface area contributed by atoms with Crippen LogP contribution in [0.3, 0.4) is 0 Å². The van der Waals surface area contributed by atoms with Gasteiger partial charge in [0.15, 0.2) is 0 Å². The van der Waals surface area contributed by atoms with Crippen molar-refractivity contribution in [3.63, 3.8) is 0 Å². The van der Waals surface area contributed by atoms with Crippen molar-refractivity contribution in [2.45, 2.75) is 32.6 Å². The smallest absolute Gasteiger partial charge is 0.321 e. The molecule has 0 bridgehead atoms. The number of ether oxygens (including phenoxy) is 1. The van der Waals surface area contributed by atoms with Crippen molar-refractivity contribution < 1.29 is 22.3 Å². The van der Waals surface area contributed by atoms with Crippen molar-refractivity contribution in [1.82, 2.24) is 4.31 Å². The predicted octanol–water partition coefficient (Wildman–Crippen LogP) is 2.02. The summed E-state index contributed by atoms with van der Waals surface area (Å²) in [5.41, 5.74) is 0.629. The first kappa shape index (κ1) is 17.6. The second kappa shape index (κ2) is 7.00. The Morgan fingerprint density at radius 1 is 1.24 bits per heavy atom. The Kier molecular flexibility index (Phi) is 5.86. The fourth-order valence-electron chi connectivity index (χ4n) is 2.15. The maximum Gasteiger partial charge on any atom is 0.321 e. The summed E-state index contributed by atoms with van der Waals surface area (Å²) in [5.74, 6) is -1.10. The Hall–Kier alpha value is -1.47. The molecule has 118 valence electrons. The summed E-state index contributed by atoms with van der Waals surface area (Å²) in [4.78, 5) is 11.6. The minimum Gasteiger partial charge on any atom is -0.465 e. The highest BCUT2D eigenvalue weighted by Crippen LogP contribution is 2.24. The van der Waals surface area contributed by atoms with Gasteiger partial charge in [-0.3, -0.25) is 4.79 Å². The molecule has 1 rings (SSSR count). The lowest BCUT2D eigenvalue weighted by Gasteiger charge is -2.22. The van der Waals surface area contributed by atoms with Gasteiger partial charge in [0.2, 0.25) is 10.0 Å². The molecule has 0 N–H and O–H groups in total. The number of halogens is 1. The van der Waals surface area contributed by atoms with Crippen molar-refractivity contribution in [3.05, 3.63) is 29.1 Å². The van der Waals surface area contributed by atoms with Gasteiger partial charge in [-0.2, -0.15) is 4.31 Å². The van der Waals surface area contributed by atoms with E-state index in [2.05, 4.69) is 0 Å². The molecular formula is C14H20FNO4S. The van der Waals surface area contributed by atoms with Crippen molar-refractivity contribution >= 4 is 16.0 Å². The SMILES string of the molecule is CCOC(=O)CN(CC)S(=O)(=O)c1c(C)cc(F)cc1C. The van der Waals surface area contributed by atoms with E-state index >= 15 is 0 Å². The monoisotopic (exact) mass is 317 g/mol. The second-order valence-corrected chi connectivity index (χ2v) is 6.48. The number of rotatable bonds is 6. The Bertz CT molecular complexity index is 605. The van der Waals surface area contributed by atoms with Crippen LogP contribution < -0.4 is 0 Å². The molecular weight excluding hydrogens is 297 g/mol. The number of hydrogen-bond acceptors (Lipinski definition) is 4. The number of nitrogens with zero attached hydrogens (tertiary/aromatic N) is 1. The third kappa shape index (κ3) is 4.01. The van der Waals surface area contributed by atoms with Gasteiger partial charge in [0, 0.05) is 6.54 Å². The minimum atomic E-state index is -3.88. The number of esters is 1. The zero-order valence-corrected chi connectivity index (χ0v) is 13.5. The summed E-state index contributed by atoms with van der Waals surface area (Å²) in [6.45, 7) is 6.29. The van der Waals surface area contributed by atoms with Crippen molar-refractivity contribution in [1.29, 1.82) is 0 Å². The average molecular weight is 317 g/mol. The highest BCUT2D eigenvalue weighted by atomic mass is 32.2. The van der Waals surface area contributed by atoms with Crippen LogP contribution in [-0.2, 0) is 19.6 Å². The highest BCUT2D eigenvalue weighted by molar-refractivity contribution is 7.89. The number of likely N-dealkylation sites (N-methyl/N-ethyl adjacent to an activating group) is 1. The zero-order valence-electron chi connectivity index (χ0n) is 12.6. The van der Waals surface area contributed by atoms with E-state index in [4.69, 9.17) is 4.74 Å². The maximum atomic E-state index is 13.3. The minimum absolute atomic E-state index is 0.0371. The topological polar surface area (TPSA) is 63.7 Å². The van der Waals surface area contributed by atoms with Crippen LogP contribution in [0.5, 0.6) is 0 Å². The van der Waals surface area contributed by atoms with Crippen LogP contribution >= 0.6 is 0 Å². The fourth-order valence-corrected chi connectivity index (χ4v) is 3.96. The van der Waals surface area contributed by atoms with Gasteiger partial charge in [-0.25, -0.2) is 12.8 Å². The molecule has 0 aliphatic rings. The van der Waals surface area contributed by atoms with Gasteiger partial charge in [0.05, 0.1) is 11.5 Å². The third-order valence-electron chi connectivity index (χ3n) is 2.99. The maximum absolute atomic E-state index is 13.3. The molecule has 1 aromatic rings. The lowest BCUT2D eigenvalue weighted by molar-refractivity contribution is -0.143. The molecule has 0 amide bonds. The van der Waals surface area contributed by atoms with Crippen LogP contribution in [0.2, 0.25) is 0 Å². The van der Waals surface area contributed by atoms with Gasteiger partial charge in [-0.1, -0.05) is 6.92 Å². The van der Waals surface area contributed by atoms with Crippen LogP contribution in [0.1, 0.15) is 25.0 Å². The molecule has 1 aromatic carbocycles. The molecule has 0 saturated heterocycles. The van der Waals surface area contributed by atoms with Gasteiger partial charge in [-0.05, 0) is 44.0 Å². The van der Waals surface area contributed by atoms with Crippen LogP contribution in [0.15, 0.2) is 17.0 Å². The Labute approximate surface area is 124 Å². The molecule has 0 heterocycles. The molecule has 0 aliphatic heterocycles. The largest absolute Gasteiger partial charge is 0.465 e. The lowest BCUT2D eigenvalue weighted by Crippen LogP contribution is -2.37. The van der Waals surface area contributed by atoms with E-state index in [1.54, 1.807) is 13.8 Å². The van der Waals surface area contributed by atoms with Gasteiger partial charge < -0.3 is 4.74 Å². The number of aryl methyl sites for hydroxylation is 2. The molecule has 0 aromatic heterocycles. The van der Waals surface area contributed by atoms with Crippen molar-refractivity contribution in [2.75, 3.05) is 19.7 Å². The van der Waals surface area contributed by atoms with E-state index in [1.165, 1.54) is 13.8 Å². The van der Waals surface area contributed by atoms with E-state index in [9.17, 15) is 17.6 Å². The summed E-state index contributed by atoms with van der Waals surface area (Å²) in [5, 5.41) is 0. The van der Waals surface area contributed by atoms with E-state index in [1.807, 2.05) is 0 Å². The second-order valence-electron chi connectivity index (χ2n) is 4.60. The van der Waals surface area contributed by atoms with Crippen molar-refractivity contribution in [3.8, 4) is 0 Å². The predicted molar refractivity (Wildman–Crippen MR) is 76.9 cm³/mol. The molecule has 5 nitrogen and oxygen atoms in total. The number of carbonyl (C=O) groups excluding carboxylic acids is 1. The van der Waals surface area contributed by atoms with E-state index < -0.39 is 21.8 Å². The van der Waals surface area contributed by atoms with Gasteiger partial charge in [0.25, 0.3) is 0 Å². The van der Waals surface area contributed by atoms with E-state index in [0.717, 1.165) is 16.4 Å². The third-order valence-corrected chi connectivity index (χ3v) is 5.21. The number of carbonyl (C=O) groups is 1. The lowest BCUT2D eigenvalue weighted by atomic mass is 10.1. The van der Waals surface area contributed by atoms with E-state index in [-0.39, 0.29) is 24.6 Å². The molecule has 21 heavy (non-hydrogen) atoms. The molecule has 0 spiro atoms. The molecule has 0 unspecified atom stereocenters. The van der Waals surface area contributed by atoms with Crippen LogP contribution in [0, 0.1) is 19.7 Å².